The lowest BCUT2D eigenvalue weighted by molar-refractivity contribution is -0.133. The van der Waals surface area contributed by atoms with Crippen molar-refractivity contribution >= 4 is 17.5 Å². The molecule has 1 heterocycles. The summed E-state index contributed by atoms with van der Waals surface area (Å²) in [5.74, 6) is 1.34. The number of hydrogen-bond donors (Lipinski definition) is 0. The van der Waals surface area contributed by atoms with Gasteiger partial charge in [0, 0.05) is 38.0 Å². The Kier molecular flexibility index (Phi) is 3.99. The summed E-state index contributed by atoms with van der Waals surface area (Å²) in [5.41, 5.74) is 0.249. The molecule has 1 saturated carbocycles. The van der Waals surface area contributed by atoms with Crippen LogP contribution >= 0.6 is 11.6 Å². The normalized spacial score (nSPS) is 28.9. The monoisotopic (exact) mass is 258 g/mol. The van der Waals surface area contributed by atoms with E-state index in [9.17, 15) is 4.79 Å². The Hall–Kier alpha value is -0.280. The molecule has 2 rings (SSSR count). The molecule has 98 valence electrons. The quantitative estimate of drug-likeness (QED) is 0.721. The number of carbonyl (C=O) groups excluding carboxylic acids is 1. The number of amides is 1. The fourth-order valence-electron chi connectivity index (χ4n) is 2.64. The molecule has 0 bridgehead atoms. The highest BCUT2D eigenvalue weighted by Crippen LogP contribution is 2.52. The van der Waals surface area contributed by atoms with Crippen LogP contribution in [-0.4, -0.2) is 54.3 Å². The van der Waals surface area contributed by atoms with Crippen molar-refractivity contribution in [2.24, 2.45) is 11.3 Å². The summed E-state index contributed by atoms with van der Waals surface area (Å²) in [5, 5.41) is 0. The maximum Gasteiger partial charge on any atom is 0.226 e. The van der Waals surface area contributed by atoms with E-state index in [1.807, 2.05) is 0 Å². The lowest BCUT2D eigenvalue weighted by Gasteiger charge is -2.22. The van der Waals surface area contributed by atoms with Crippen LogP contribution in [0.4, 0.5) is 0 Å². The molecule has 1 aliphatic carbocycles. The second-order valence-corrected chi connectivity index (χ2v) is 6.33. The zero-order valence-electron chi connectivity index (χ0n) is 10.9. The van der Waals surface area contributed by atoms with E-state index in [1.165, 1.54) is 0 Å². The van der Waals surface area contributed by atoms with Gasteiger partial charge in [0.25, 0.3) is 0 Å². The SMILES string of the molecule is CC1(C)CC1C(=O)N1CCCN(CCCl)CC1. The summed E-state index contributed by atoms with van der Waals surface area (Å²) in [6.45, 7) is 9.17. The molecule has 0 radical (unpaired) electrons. The largest absolute Gasteiger partial charge is 0.341 e. The van der Waals surface area contributed by atoms with Gasteiger partial charge in [-0.3, -0.25) is 4.79 Å². The van der Waals surface area contributed by atoms with Gasteiger partial charge < -0.3 is 9.80 Å². The highest BCUT2D eigenvalue weighted by molar-refractivity contribution is 6.18. The van der Waals surface area contributed by atoms with Crippen LogP contribution in [0.1, 0.15) is 26.7 Å². The molecule has 2 fully saturated rings. The Bertz CT molecular complexity index is 293. The smallest absolute Gasteiger partial charge is 0.226 e. The van der Waals surface area contributed by atoms with Crippen molar-refractivity contribution in [3.63, 3.8) is 0 Å². The number of rotatable bonds is 3. The van der Waals surface area contributed by atoms with E-state index >= 15 is 0 Å². The third-order valence-corrected chi connectivity index (χ3v) is 4.28. The molecule has 0 aromatic rings. The highest BCUT2D eigenvalue weighted by atomic mass is 35.5. The number of alkyl halides is 1. The van der Waals surface area contributed by atoms with Gasteiger partial charge >= 0.3 is 0 Å². The molecule has 0 aromatic carbocycles. The Balaban J connectivity index is 1.84. The Morgan fingerprint density at radius 3 is 2.59 bits per heavy atom. The number of carbonyl (C=O) groups is 1. The molecule has 1 atom stereocenters. The summed E-state index contributed by atoms with van der Waals surface area (Å²) >= 11 is 5.76. The fraction of sp³-hybridized carbons (Fsp3) is 0.923. The zero-order chi connectivity index (χ0) is 12.5. The van der Waals surface area contributed by atoms with Crippen molar-refractivity contribution in [1.29, 1.82) is 0 Å². The van der Waals surface area contributed by atoms with Crippen LogP contribution in [0, 0.1) is 11.3 Å². The molecule has 2 aliphatic rings. The summed E-state index contributed by atoms with van der Waals surface area (Å²) < 4.78 is 0. The minimum absolute atomic E-state index is 0.249. The second kappa shape index (κ2) is 5.15. The third-order valence-electron chi connectivity index (χ3n) is 4.11. The van der Waals surface area contributed by atoms with Crippen LogP contribution in [0.3, 0.4) is 0 Å². The maximum absolute atomic E-state index is 12.3. The predicted molar refractivity (Wildman–Crippen MR) is 70.2 cm³/mol. The average molecular weight is 259 g/mol. The van der Waals surface area contributed by atoms with Crippen LogP contribution < -0.4 is 0 Å². The van der Waals surface area contributed by atoms with E-state index in [-0.39, 0.29) is 11.3 Å². The Labute approximate surface area is 109 Å². The van der Waals surface area contributed by atoms with Gasteiger partial charge in [-0.05, 0) is 24.8 Å². The van der Waals surface area contributed by atoms with Gasteiger partial charge in [-0.2, -0.15) is 0 Å². The minimum Gasteiger partial charge on any atom is -0.341 e. The van der Waals surface area contributed by atoms with Crippen molar-refractivity contribution in [3.8, 4) is 0 Å². The van der Waals surface area contributed by atoms with Crippen LogP contribution in [0.2, 0.25) is 0 Å². The first-order valence-corrected chi connectivity index (χ1v) is 7.15. The molecular formula is C13H23ClN2O. The molecular weight excluding hydrogens is 236 g/mol. The predicted octanol–water partition coefficient (Wildman–Crippen LogP) is 1.81. The minimum atomic E-state index is 0.249. The van der Waals surface area contributed by atoms with Crippen LogP contribution in [0.15, 0.2) is 0 Å². The highest BCUT2D eigenvalue weighted by Gasteiger charge is 2.51. The lowest BCUT2D eigenvalue weighted by Crippen LogP contribution is -2.37. The molecule has 1 saturated heterocycles. The molecule has 1 amide bonds. The van der Waals surface area contributed by atoms with Crippen LogP contribution in [0.5, 0.6) is 0 Å². The van der Waals surface area contributed by atoms with E-state index in [0.717, 1.165) is 45.6 Å². The van der Waals surface area contributed by atoms with Gasteiger partial charge in [-0.15, -0.1) is 11.6 Å². The summed E-state index contributed by atoms with van der Waals surface area (Å²) in [6, 6.07) is 0. The fourth-order valence-corrected chi connectivity index (χ4v) is 2.88. The van der Waals surface area contributed by atoms with Crippen molar-refractivity contribution in [2.45, 2.75) is 26.7 Å². The van der Waals surface area contributed by atoms with E-state index in [2.05, 4.69) is 23.6 Å². The number of hydrogen-bond acceptors (Lipinski definition) is 2. The second-order valence-electron chi connectivity index (χ2n) is 5.95. The number of nitrogens with zero attached hydrogens (tertiary/aromatic N) is 2. The van der Waals surface area contributed by atoms with Crippen molar-refractivity contribution in [3.05, 3.63) is 0 Å². The third kappa shape index (κ3) is 3.14. The first-order chi connectivity index (χ1) is 8.04. The molecule has 3 nitrogen and oxygen atoms in total. The van der Waals surface area contributed by atoms with Gasteiger partial charge in [0.15, 0.2) is 0 Å². The van der Waals surface area contributed by atoms with Gasteiger partial charge in [0.05, 0.1) is 0 Å². The first-order valence-electron chi connectivity index (χ1n) is 6.62. The summed E-state index contributed by atoms with van der Waals surface area (Å²) in [7, 11) is 0. The lowest BCUT2D eigenvalue weighted by atomic mass is 10.1. The first kappa shape index (κ1) is 13.2. The summed E-state index contributed by atoms with van der Waals surface area (Å²) in [6.07, 6.45) is 2.14. The zero-order valence-corrected chi connectivity index (χ0v) is 11.7. The molecule has 1 unspecified atom stereocenters. The molecule has 17 heavy (non-hydrogen) atoms. The van der Waals surface area contributed by atoms with Crippen LogP contribution in [0.25, 0.3) is 0 Å². The Morgan fingerprint density at radius 2 is 2.00 bits per heavy atom. The average Bonchev–Trinajstić information content (AvgIpc) is 2.96. The van der Waals surface area contributed by atoms with Crippen molar-refractivity contribution in [1.82, 2.24) is 9.80 Å². The molecule has 0 N–H and O–H groups in total. The van der Waals surface area contributed by atoms with E-state index < -0.39 is 0 Å². The maximum atomic E-state index is 12.3. The van der Waals surface area contributed by atoms with Crippen LogP contribution in [-0.2, 0) is 4.79 Å². The molecule has 4 heteroatoms. The molecule has 0 spiro atoms. The van der Waals surface area contributed by atoms with Crippen molar-refractivity contribution < 1.29 is 4.79 Å². The topological polar surface area (TPSA) is 23.6 Å². The summed E-state index contributed by atoms with van der Waals surface area (Å²) in [4.78, 5) is 16.7. The standard InChI is InChI=1S/C13H23ClN2O/c1-13(2)10-11(13)12(17)16-6-3-5-15(7-4-14)8-9-16/h11H,3-10H2,1-2H3. The van der Waals surface area contributed by atoms with E-state index in [0.29, 0.717) is 11.8 Å². The molecule has 1 aliphatic heterocycles. The van der Waals surface area contributed by atoms with Gasteiger partial charge in [0.1, 0.15) is 0 Å². The molecule has 0 aromatic heterocycles. The van der Waals surface area contributed by atoms with Gasteiger partial charge in [-0.25, -0.2) is 0 Å². The van der Waals surface area contributed by atoms with Gasteiger partial charge in [-0.1, -0.05) is 13.8 Å². The number of halogens is 1. The van der Waals surface area contributed by atoms with E-state index in [1.54, 1.807) is 0 Å². The van der Waals surface area contributed by atoms with Gasteiger partial charge in [0.2, 0.25) is 5.91 Å². The Morgan fingerprint density at radius 1 is 1.29 bits per heavy atom. The van der Waals surface area contributed by atoms with Crippen molar-refractivity contribution in [2.75, 3.05) is 38.6 Å². The van der Waals surface area contributed by atoms with E-state index in [4.69, 9.17) is 11.6 Å².